The summed E-state index contributed by atoms with van der Waals surface area (Å²) in [6, 6.07) is 16.5. The SMILES string of the molecule is O=C(NCC1CCc2ccccc2N1C(=O)CC1(CC(=O)N2CCn3c(nnc3C(F)(F)F)C2)CCCC1)c1ccccc1. The molecule has 1 atom stereocenters. The Balaban J connectivity index is 1.17. The first kappa shape index (κ1) is 29.8. The Morgan fingerprint density at radius 1 is 0.909 bits per heavy atom. The van der Waals surface area contributed by atoms with Gasteiger partial charge in [0.25, 0.3) is 5.91 Å². The number of rotatable bonds is 7. The highest BCUT2D eigenvalue weighted by atomic mass is 19.4. The van der Waals surface area contributed by atoms with Gasteiger partial charge < -0.3 is 19.7 Å². The van der Waals surface area contributed by atoms with Gasteiger partial charge in [0, 0.05) is 43.7 Å². The molecule has 9 nitrogen and oxygen atoms in total. The van der Waals surface area contributed by atoms with Crippen LogP contribution in [0.4, 0.5) is 18.9 Å². The number of hydrogen-bond donors (Lipinski definition) is 1. The minimum Gasteiger partial charge on any atom is -0.350 e. The Labute approximate surface area is 253 Å². The first-order chi connectivity index (χ1) is 21.1. The lowest BCUT2D eigenvalue weighted by molar-refractivity contribution is -0.148. The lowest BCUT2D eigenvalue weighted by atomic mass is 9.78. The third-order valence-electron chi connectivity index (χ3n) is 9.24. The zero-order valence-electron chi connectivity index (χ0n) is 24.4. The van der Waals surface area contributed by atoms with Gasteiger partial charge in [-0.25, -0.2) is 0 Å². The summed E-state index contributed by atoms with van der Waals surface area (Å²) in [6.07, 6.45) is 0.426. The number of benzene rings is 2. The average Bonchev–Trinajstić information content (AvgIpc) is 3.66. The Hall–Kier alpha value is -4.22. The number of halogens is 3. The number of aromatic nitrogens is 3. The van der Waals surface area contributed by atoms with Crippen LogP contribution in [0.2, 0.25) is 0 Å². The minimum absolute atomic E-state index is 0.0320. The number of aryl methyl sites for hydroxylation is 1. The zero-order valence-corrected chi connectivity index (χ0v) is 24.4. The van der Waals surface area contributed by atoms with Crippen LogP contribution in [0.25, 0.3) is 0 Å². The molecule has 1 unspecified atom stereocenters. The normalized spacial score (nSPS) is 19.3. The van der Waals surface area contributed by atoms with Crippen LogP contribution in [-0.2, 0) is 35.3 Å². The molecule has 2 aromatic carbocycles. The summed E-state index contributed by atoms with van der Waals surface area (Å²) in [6.45, 7) is 0.345. The molecule has 6 rings (SSSR count). The van der Waals surface area contributed by atoms with Gasteiger partial charge in [-0.15, -0.1) is 10.2 Å². The predicted octanol–water partition coefficient (Wildman–Crippen LogP) is 4.76. The number of amides is 3. The van der Waals surface area contributed by atoms with Crippen molar-refractivity contribution in [1.29, 1.82) is 0 Å². The molecular formula is C32H35F3N6O3. The van der Waals surface area contributed by atoms with Gasteiger partial charge in [0.2, 0.25) is 17.6 Å². The number of carbonyl (C=O) groups is 3. The second-order valence-electron chi connectivity index (χ2n) is 12.1. The van der Waals surface area contributed by atoms with E-state index in [9.17, 15) is 27.6 Å². The fraction of sp³-hybridized carbons (Fsp3) is 0.469. The van der Waals surface area contributed by atoms with Crippen LogP contribution in [-0.4, -0.2) is 56.5 Å². The monoisotopic (exact) mass is 608 g/mol. The molecule has 1 N–H and O–H groups in total. The first-order valence-electron chi connectivity index (χ1n) is 15.1. The predicted molar refractivity (Wildman–Crippen MR) is 155 cm³/mol. The topological polar surface area (TPSA) is 100 Å². The molecule has 12 heteroatoms. The third kappa shape index (κ3) is 6.07. The van der Waals surface area contributed by atoms with Crippen molar-refractivity contribution in [3.05, 3.63) is 77.4 Å². The molecule has 3 heterocycles. The molecule has 3 amide bonds. The quantitative estimate of drug-likeness (QED) is 0.417. The van der Waals surface area contributed by atoms with Gasteiger partial charge in [0.15, 0.2) is 5.82 Å². The second-order valence-corrected chi connectivity index (χ2v) is 12.1. The molecule has 0 spiro atoms. The third-order valence-corrected chi connectivity index (χ3v) is 9.24. The van der Waals surface area contributed by atoms with Gasteiger partial charge in [-0.05, 0) is 54.9 Å². The summed E-state index contributed by atoms with van der Waals surface area (Å²) in [5, 5.41) is 10.0. The van der Waals surface area contributed by atoms with E-state index in [1.165, 1.54) is 4.90 Å². The van der Waals surface area contributed by atoms with Gasteiger partial charge in [-0.3, -0.25) is 14.4 Å². The van der Waals surface area contributed by atoms with Crippen molar-refractivity contribution >= 4 is 23.4 Å². The Morgan fingerprint density at radius 3 is 2.36 bits per heavy atom. The molecule has 44 heavy (non-hydrogen) atoms. The lowest BCUT2D eigenvalue weighted by Crippen LogP contribution is -2.51. The summed E-state index contributed by atoms with van der Waals surface area (Å²) < 4.78 is 40.9. The highest BCUT2D eigenvalue weighted by Gasteiger charge is 2.44. The number of anilines is 1. The van der Waals surface area contributed by atoms with E-state index in [1.54, 1.807) is 24.3 Å². The molecule has 1 saturated carbocycles. The van der Waals surface area contributed by atoms with Crippen LogP contribution >= 0.6 is 0 Å². The Morgan fingerprint density at radius 2 is 1.61 bits per heavy atom. The van der Waals surface area contributed by atoms with E-state index < -0.39 is 17.4 Å². The molecule has 0 saturated heterocycles. The number of nitrogens with one attached hydrogen (secondary N) is 1. The van der Waals surface area contributed by atoms with Crippen LogP contribution in [0, 0.1) is 5.41 Å². The van der Waals surface area contributed by atoms with Crippen molar-refractivity contribution in [3.63, 3.8) is 0 Å². The first-order valence-corrected chi connectivity index (χ1v) is 15.1. The summed E-state index contributed by atoms with van der Waals surface area (Å²) in [5.41, 5.74) is 1.91. The van der Waals surface area contributed by atoms with Crippen LogP contribution in [0.1, 0.15) is 72.5 Å². The summed E-state index contributed by atoms with van der Waals surface area (Å²) in [5.74, 6) is -1.41. The van der Waals surface area contributed by atoms with E-state index in [2.05, 4.69) is 15.5 Å². The van der Waals surface area contributed by atoms with Crippen molar-refractivity contribution in [1.82, 2.24) is 25.0 Å². The van der Waals surface area contributed by atoms with E-state index in [4.69, 9.17) is 0 Å². The van der Waals surface area contributed by atoms with Crippen molar-refractivity contribution in [2.45, 2.75) is 76.7 Å². The lowest BCUT2D eigenvalue weighted by Gasteiger charge is -2.40. The van der Waals surface area contributed by atoms with Gasteiger partial charge in [0.1, 0.15) is 0 Å². The molecule has 2 aliphatic heterocycles. The van der Waals surface area contributed by atoms with Gasteiger partial charge >= 0.3 is 6.18 Å². The fourth-order valence-corrected chi connectivity index (χ4v) is 7.00. The summed E-state index contributed by atoms with van der Waals surface area (Å²) in [7, 11) is 0. The number of para-hydroxylation sites is 1. The molecule has 3 aliphatic rings. The van der Waals surface area contributed by atoms with E-state index in [0.29, 0.717) is 18.5 Å². The van der Waals surface area contributed by atoms with Crippen LogP contribution in [0.3, 0.4) is 0 Å². The molecule has 1 aliphatic carbocycles. The average molecular weight is 609 g/mol. The molecule has 1 aromatic heterocycles. The van der Waals surface area contributed by atoms with E-state index in [-0.39, 0.29) is 62.1 Å². The second kappa shape index (κ2) is 12.0. The van der Waals surface area contributed by atoms with Crippen molar-refractivity contribution in [2.75, 3.05) is 18.0 Å². The highest BCUT2D eigenvalue weighted by molar-refractivity contribution is 5.97. The number of alkyl halides is 3. The van der Waals surface area contributed by atoms with Crippen LogP contribution in [0.5, 0.6) is 0 Å². The molecule has 0 bridgehead atoms. The van der Waals surface area contributed by atoms with Gasteiger partial charge in [-0.2, -0.15) is 13.2 Å². The van der Waals surface area contributed by atoms with E-state index in [1.807, 2.05) is 35.2 Å². The van der Waals surface area contributed by atoms with Crippen molar-refractivity contribution in [3.8, 4) is 0 Å². The standard InChI is InChI=1S/C32H35F3N6O3/c33-32(34,35)30-38-37-26-21-39(16-17-40(26)30)27(42)18-31(14-6-7-15-31)19-28(43)41-24(13-12-22-8-4-5-11-25(22)41)20-36-29(44)23-9-2-1-3-10-23/h1-5,8-11,24H,6-7,12-21H2,(H,36,44). The fourth-order valence-electron chi connectivity index (χ4n) is 7.00. The zero-order chi connectivity index (χ0) is 30.9. The van der Waals surface area contributed by atoms with E-state index in [0.717, 1.165) is 47.9 Å². The smallest absolute Gasteiger partial charge is 0.350 e. The largest absolute Gasteiger partial charge is 0.451 e. The maximum absolute atomic E-state index is 14.2. The molecule has 1 fully saturated rings. The molecule has 3 aromatic rings. The van der Waals surface area contributed by atoms with Crippen LogP contribution in [0.15, 0.2) is 54.6 Å². The molecular weight excluding hydrogens is 573 g/mol. The Kier molecular flexibility index (Phi) is 8.17. The highest BCUT2D eigenvalue weighted by Crippen LogP contribution is 2.46. The van der Waals surface area contributed by atoms with Gasteiger partial charge in [-0.1, -0.05) is 49.2 Å². The van der Waals surface area contributed by atoms with Crippen molar-refractivity contribution in [2.24, 2.45) is 5.41 Å². The van der Waals surface area contributed by atoms with Crippen molar-refractivity contribution < 1.29 is 27.6 Å². The number of nitrogens with zero attached hydrogens (tertiary/aromatic N) is 5. The minimum atomic E-state index is -4.61. The molecule has 0 radical (unpaired) electrons. The van der Waals surface area contributed by atoms with Gasteiger partial charge in [0.05, 0.1) is 12.6 Å². The summed E-state index contributed by atoms with van der Waals surface area (Å²) >= 11 is 0. The molecule has 232 valence electrons. The number of carbonyl (C=O) groups excluding carboxylic acids is 3. The number of fused-ring (bicyclic) bond motifs is 2. The maximum atomic E-state index is 14.2. The van der Waals surface area contributed by atoms with Crippen LogP contribution < -0.4 is 10.2 Å². The number of hydrogen-bond acceptors (Lipinski definition) is 5. The maximum Gasteiger partial charge on any atom is 0.451 e. The van der Waals surface area contributed by atoms with E-state index >= 15 is 0 Å². The summed E-state index contributed by atoms with van der Waals surface area (Å²) in [4.78, 5) is 44.0. The Bertz CT molecular complexity index is 1530.